The molecule has 118 valence electrons. The smallest absolute Gasteiger partial charge is 0.0429 e. The van der Waals surface area contributed by atoms with Crippen molar-refractivity contribution in [3.8, 4) is 0 Å². The van der Waals surface area contributed by atoms with Crippen molar-refractivity contribution in [3.05, 3.63) is 29.8 Å². The van der Waals surface area contributed by atoms with E-state index in [0.29, 0.717) is 6.04 Å². The number of fused-ring (bicyclic) bond motifs is 1. The molecular formula is C18H31N3. The van der Waals surface area contributed by atoms with Gasteiger partial charge in [0.1, 0.15) is 0 Å². The van der Waals surface area contributed by atoms with Crippen molar-refractivity contribution in [1.82, 2.24) is 9.80 Å². The van der Waals surface area contributed by atoms with Gasteiger partial charge in [-0.25, -0.2) is 0 Å². The van der Waals surface area contributed by atoms with Crippen LogP contribution in [0.3, 0.4) is 0 Å². The van der Waals surface area contributed by atoms with E-state index in [4.69, 9.17) is 0 Å². The molecule has 1 atom stereocenters. The van der Waals surface area contributed by atoms with Crippen molar-refractivity contribution in [3.63, 3.8) is 0 Å². The molecule has 0 bridgehead atoms. The molecule has 1 aliphatic rings. The predicted octanol–water partition coefficient (Wildman–Crippen LogP) is 3.08. The Balaban J connectivity index is 1.74. The third kappa shape index (κ3) is 4.72. The lowest BCUT2D eigenvalue weighted by atomic mass is 10.1. The average Bonchev–Trinajstić information content (AvgIpc) is 2.92. The number of anilines is 1. The lowest BCUT2D eigenvalue weighted by molar-refractivity contribution is 0.238. The van der Waals surface area contributed by atoms with Crippen LogP contribution in [0, 0.1) is 0 Å². The van der Waals surface area contributed by atoms with Crippen molar-refractivity contribution in [1.29, 1.82) is 0 Å². The van der Waals surface area contributed by atoms with E-state index in [2.05, 4.69) is 60.2 Å². The van der Waals surface area contributed by atoms with Gasteiger partial charge >= 0.3 is 0 Å². The lowest BCUT2D eigenvalue weighted by Gasteiger charge is -2.26. The first-order valence-corrected chi connectivity index (χ1v) is 8.55. The maximum absolute atomic E-state index is 3.67. The second-order valence-electron chi connectivity index (χ2n) is 5.98. The number of para-hydroxylation sites is 1. The molecule has 0 aliphatic carbocycles. The third-order valence-corrected chi connectivity index (χ3v) is 4.61. The number of benzene rings is 1. The number of likely N-dealkylation sites (N-methyl/N-ethyl adjacent to an activating group) is 1. The highest BCUT2D eigenvalue weighted by Gasteiger charge is 2.21. The zero-order valence-electron chi connectivity index (χ0n) is 13.9. The Labute approximate surface area is 130 Å². The molecule has 1 N–H and O–H groups in total. The van der Waals surface area contributed by atoms with Gasteiger partial charge in [-0.2, -0.15) is 0 Å². The Hall–Kier alpha value is -1.06. The van der Waals surface area contributed by atoms with Crippen LogP contribution >= 0.6 is 0 Å². The zero-order chi connectivity index (χ0) is 15.1. The van der Waals surface area contributed by atoms with Crippen molar-refractivity contribution in [2.45, 2.75) is 39.7 Å². The van der Waals surface area contributed by atoms with Gasteiger partial charge in [0, 0.05) is 18.3 Å². The summed E-state index contributed by atoms with van der Waals surface area (Å²) in [4.78, 5) is 5.10. The van der Waals surface area contributed by atoms with Crippen LogP contribution < -0.4 is 5.32 Å². The van der Waals surface area contributed by atoms with Gasteiger partial charge in [-0.1, -0.05) is 39.0 Å². The van der Waals surface area contributed by atoms with Crippen LogP contribution in [0.15, 0.2) is 24.3 Å². The summed E-state index contributed by atoms with van der Waals surface area (Å²) in [6.07, 6.45) is 2.44. The predicted molar refractivity (Wildman–Crippen MR) is 92.1 cm³/mol. The first-order valence-electron chi connectivity index (χ1n) is 8.55. The minimum Gasteiger partial charge on any atom is -0.380 e. The van der Waals surface area contributed by atoms with E-state index in [-0.39, 0.29) is 0 Å². The molecule has 0 radical (unpaired) electrons. The monoisotopic (exact) mass is 289 g/mol. The van der Waals surface area contributed by atoms with Gasteiger partial charge < -0.3 is 15.1 Å². The lowest BCUT2D eigenvalue weighted by Crippen LogP contribution is -2.37. The maximum Gasteiger partial charge on any atom is 0.0429 e. The molecule has 0 saturated heterocycles. The molecule has 3 heteroatoms. The molecule has 1 aromatic carbocycles. The van der Waals surface area contributed by atoms with Gasteiger partial charge in [-0.3, -0.25) is 0 Å². The van der Waals surface area contributed by atoms with Crippen LogP contribution in [-0.4, -0.2) is 55.1 Å². The zero-order valence-corrected chi connectivity index (χ0v) is 13.9. The van der Waals surface area contributed by atoms with Crippen molar-refractivity contribution >= 4 is 5.69 Å². The largest absolute Gasteiger partial charge is 0.380 e. The Morgan fingerprint density at radius 3 is 2.33 bits per heavy atom. The molecule has 0 saturated carbocycles. The Kier molecular flexibility index (Phi) is 6.52. The topological polar surface area (TPSA) is 18.5 Å². The fourth-order valence-electron chi connectivity index (χ4n) is 3.23. The van der Waals surface area contributed by atoms with Crippen molar-refractivity contribution in [2.75, 3.05) is 44.6 Å². The van der Waals surface area contributed by atoms with Crippen LogP contribution in [0.4, 0.5) is 5.69 Å². The summed E-state index contributed by atoms with van der Waals surface area (Å²) in [6.45, 7) is 13.9. The van der Waals surface area contributed by atoms with Crippen LogP contribution in [-0.2, 0) is 6.42 Å². The van der Waals surface area contributed by atoms with Gasteiger partial charge in [-0.15, -0.1) is 0 Å². The molecule has 0 spiro atoms. The molecule has 2 rings (SSSR count). The first-order chi connectivity index (χ1) is 10.3. The van der Waals surface area contributed by atoms with Gasteiger partial charge in [-0.05, 0) is 57.2 Å². The van der Waals surface area contributed by atoms with E-state index in [1.54, 1.807) is 0 Å². The van der Waals surface area contributed by atoms with Crippen LogP contribution in [0.2, 0.25) is 0 Å². The maximum atomic E-state index is 3.67. The third-order valence-electron chi connectivity index (χ3n) is 4.61. The molecule has 1 aliphatic heterocycles. The van der Waals surface area contributed by atoms with E-state index < -0.39 is 0 Å². The Morgan fingerprint density at radius 1 is 1.00 bits per heavy atom. The SMILES string of the molecule is CCN(CC)CCCN(CC)CC1Cc2ccccc2N1. The van der Waals surface area contributed by atoms with Crippen molar-refractivity contribution < 1.29 is 0 Å². The number of hydrogen-bond acceptors (Lipinski definition) is 3. The minimum absolute atomic E-state index is 0.579. The molecule has 1 heterocycles. The van der Waals surface area contributed by atoms with Crippen LogP contribution in [0.5, 0.6) is 0 Å². The summed E-state index contributed by atoms with van der Waals surface area (Å²) in [5, 5.41) is 3.67. The van der Waals surface area contributed by atoms with E-state index in [1.807, 2.05) is 0 Å². The Bertz CT molecular complexity index is 390. The highest BCUT2D eigenvalue weighted by molar-refractivity contribution is 5.56. The molecule has 0 amide bonds. The molecule has 0 aromatic heterocycles. The fraction of sp³-hybridized carbons (Fsp3) is 0.667. The minimum atomic E-state index is 0.579. The summed E-state index contributed by atoms with van der Waals surface area (Å²) in [5.74, 6) is 0. The summed E-state index contributed by atoms with van der Waals surface area (Å²) in [7, 11) is 0. The number of hydrogen-bond donors (Lipinski definition) is 1. The highest BCUT2D eigenvalue weighted by Crippen LogP contribution is 2.25. The molecule has 21 heavy (non-hydrogen) atoms. The fourth-order valence-corrected chi connectivity index (χ4v) is 3.23. The van der Waals surface area contributed by atoms with Crippen LogP contribution in [0.1, 0.15) is 32.8 Å². The van der Waals surface area contributed by atoms with E-state index in [9.17, 15) is 0 Å². The first kappa shape index (κ1) is 16.3. The number of rotatable bonds is 9. The number of nitrogens with zero attached hydrogens (tertiary/aromatic N) is 2. The second-order valence-corrected chi connectivity index (χ2v) is 5.98. The molecule has 1 unspecified atom stereocenters. The van der Waals surface area contributed by atoms with E-state index >= 15 is 0 Å². The second kappa shape index (κ2) is 8.40. The highest BCUT2D eigenvalue weighted by atomic mass is 15.2. The van der Waals surface area contributed by atoms with Crippen LogP contribution in [0.25, 0.3) is 0 Å². The van der Waals surface area contributed by atoms with Crippen molar-refractivity contribution in [2.24, 2.45) is 0 Å². The van der Waals surface area contributed by atoms with Gasteiger partial charge in [0.05, 0.1) is 0 Å². The van der Waals surface area contributed by atoms with Gasteiger partial charge in [0.25, 0.3) is 0 Å². The standard InChI is InChI=1S/C18H31N3/c1-4-20(5-2)12-9-13-21(6-3)15-17-14-16-10-7-8-11-18(16)19-17/h7-8,10-11,17,19H,4-6,9,12-15H2,1-3H3. The molecule has 1 aromatic rings. The Morgan fingerprint density at radius 2 is 1.67 bits per heavy atom. The van der Waals surface area contributed by atoms with Gasteiger partial charge in [0.2, 0.25) is 0 Å². The quantitative estimate of drug-likeness (QED) is 0.754. The van der Waals surface area contributed by atoms with Gasteiger partial charge in [0.15, 0.2) is 0 Å². The molecule has 0 fully saturated rings. The molecular weight excluding hydrogens is 258 g/mol. The summed E-state index contributed by atoms with van der Waals surface area (Å²) in [6, 6.07) is 9.29. The summed E-state index contributed by atoms with van der Waals surface area (Å²) >= 11 is 0. The summed E-state index contributed by atoms with van der Waals surface area (Å²) < 4.78 is 0. The normalized spacial score (nSPS) is 17.3. The molecule has 3 nitrogen and oxygen atoms in total. The van der Waals surface area contributed by atoms with E-state index in [0.717, 1.165) is 13.1 Å². The average molecular weight is 289 g/mol. The summed E-state index contributed by atoms with van der Waals surface area (Å²) in [5.41, 5.74) is 2.81. The number of nitrogens with one attached hydrogen (secondary N) is 1. The van der Waals surface area contributed by atoms with E-state index in [1.165, 1.54) is 50.3 Å².